The highest BCUT2D eigenvalue weighted by atomic mass is 32.2. The molecule has 0 aromatic carbocycles. The maximum atomic E-state index is 11.8. The van der Waals surface area contributed by atoms with Crippen LogP contribution in [0.25, 0.3) is 0 Å². The Bertz CT molecular complexity index is 856. The summed E-state index contributed by atoms with van der Waals surface area (Å²) in [7, 11) is -4.72. The molecule has 1 atom stereocenters. The maximum Gasteiger partial charge on any atom is 0.333 e. The Morgan fingerprint density at radius 2 is 1.45 bits per heavy atom. The predicted octanol–water partition coefficient (Wildman–Crippen LogP) is 4.61. The van der Waals surface area contributed by atoms with E-state index >= 15 is 0 Å². The van der Waals surface area contributed by atoms with Crippen LogP contribution >= 0.6 is 0 Å². The Morgan fingerprint density at radius 1 is 0.939 bits per heavy atom. The number of carbonyl (C=O) groups excluding carboxylic acids is 3. The first-order chi connectivity index (χ1) is 15.8. The van der Waals surface area contributed by atoms with Crippen molar-refractivity contribution in [3.8, 4) is 0 Å². The third-order valence-corrected chi connectivity index (χ3v) is 5.91. The molecule has 2 amide bonds. The lowest BCUT2D eigenvalue weighted by Crippen LogP contribution is -2.36. The van der Waals surface area contributed by atoms with Crippen LogP contribution in [0, 0.1) is 0 Å². The highest BCUT2D eigenvalue weighted by molar-refractivity contribution is 7.87. The van der Waals surface area contributed by atoms with E-state index < -0.39 is 39.6 Å². The van der Waals surface area contributed by atoms with Crippen LogP contribution in [0.3, 0.4) is 0 Å². The first-order valence-electron chi connectivity index (χ1n) is 11.4. The largest absolute Gasteiger partial charge is 0.333 e. The van der Waals surface area contributed by atoms with Gasteiger partial charge in [-0.2, -0.15) is 8.42 Å². The van der Waals surface area contributed by atoms with Crippen LogP contribution in [0.15, 0.2) is 48.6 Å². The van der Waals surface area contributed by atoms with E-state index in [2.05, 4.69) is 48.2 Å². The third-order valence-electron chi connectivity index (χ3n) is 4.82. The lowest BCUT2D eigenvalue weighted by atomic mass is 10.2. The Hall–Kier alpha value is -2.52. The van der Waals surface area contributed by atoms with Crippen LogP contribution in [0.5, 0.6) is 0 Å². The summed E-state index contributed by atoms with van der Waals surface area (Å²) in [6.45, 7) is 2.20. The van der Waals surface area contributed by atoms with Crippen molar-refractivity contribution in [1.82, 2.24) is 5.06 Å². The molecule has 0 saturated carbocycles. The molecule has 1 heterocycles. The van der Waals surface area contributed by atoms with Crippen molar-refractivity contribution in [2.45, 2.75) is 82.8 Å². The minimum atomic E-state index is -4.72. The number of imide groups is 1. The summed E-state index contributed by atoms with van der Waals surface area (Å²) >= 11 is 0. The second-order valence-corrected chi connectivity index (χ2v) is 9.28. The Balaban J connectivity index is 2.11. The fourth-order valence-electron chi connectivity index (χ4n) is 2.98. The lowest BCUT2D eigenvalue weighted by molar-refractivity contribution is -0.197. The molecule has 1 N–H and O–H groups in total. The number of hydrogen-bond acceptors (Lipinski definition) is 6. The molecule has 1 rings (SSSR count). The van der Waals surface area contributed by atoms with Crippen LogP contribution in [-0.4, -0.2) is 41.1 Å². The van der Waals surface area contributed by atoms with Gasteiger partial charge in [-0.25, -0.2) is 4.79 Å². The zero-order chi connectivity index (χ0) is 24.5. The molecule has 0 aromatic heterocycles. The zero-order valence-electron chi connectivity index (χ0n) is 19.2. The van der Waals surface area contributed by atoms with Gasteiger partial charge in [-0.15, -0.1) is 5.06 Å². The van der Waals surface area contributed by atoms with E-state index in [9.17, 15) is 22.8 Å². The topological polar surface area (TPSA) is 118 Å². The zero-order valence-corrected chi connectivity index (χ0v) is 20.0. The lowest BCUT2D eigenvalue weighted by Gasteiger charge is -2.12. The molecule has 0 bridgehead atoms. The summed E-state index contributed by atoms with van der Waals surface area (Å²) in [6, 6.07) is 0. The molecular weight excluding hydrogens is 446 g/mol. The average molecular weight is 482 g/mol. The molecule has 1 unspecified atom stereocenters. The van der Waals surface area contributed by atoms with Crippen molar-refractivity contribution in [2.24, 2.45) is 0 Å². The van der Waals surface area contributed by atoms with Gasteiger partial charge in [0.2, 0.25) is 0 Å². The summed E-state index contributed by atoms with van der Waals surface area (Å²) in [6.07, 6.45) is 24.7. The van der Waals surface area contributed by atoms with Crippen molar-refractivity contribution in [2.75, 3.05) is 0 Å². The monoisotopic (exact) mass is 481 g/mol. The van der Waals surface area contributed by atoms with Crippen molar-refractivity contribution >= 4 is 27.9 Å². The highest BCUT2D eigenvalue weighted by Gasteiger charge is 2.48. The average Bonchev–Trinajstić information content (AvgIpc) is 3.04. The smallest absolute Gasteiger partial charge is 0.330 e. The van der Waals surface area contributed by atoms with E-state index in [0.717, 1.165) is 25.7 Å². The van der Waals surface area contributed by atoms with Gasteiger partial charge in [-0.3, -0.25) is 14.1 Å². The van der Waals surface area contributed by atoms with Gasteiger partial charge in [-0.1, -0.05) is 68.4 Å². The number of allylic oxidation sites excluding steroid dienone is 8. The van der Waals surface area contributed by atoms with Gasteiger partial charge in [0.25, 0.3) is 21.9 Å². The molecule has 0 aliphatic carbocycles. The minimum absolute atomic E-state index is 0.0361. The third kappa shape index (κ3) is 12.3. The van der Waals surface area contributed by atoms with Crippen LogP contribution in [0.1, 0.15) is 77.6 Å². The quantitative estimate of drug-likeness (QED) is 0.148. The molecule has 9 heteroatoms. The van der Waals surface area contributed by atoms with Crippen molar-refractivity contribution in [1.29, 1.82) is 0 Å². The van der Waals surface area contributed by atoms with Gasteiger partial charge in [0, 0.05) is 6.42 Å². The van der Waals surface area contributed by atoms with E-state index in [0.29, 0.717) is 12.8 Å². The van der Waals surface area contributed by atoms with E-state index in [4.69, 9.17) is 4.55 Å². The Morgan fingerprint density at radius 3 is 1.94 bits per heavy atom. The molecule has 0 spiro atoms. The van der Waals surface area contributed by atoms with Crippen molar-refractivity contribution < 1.29 is 32.2 Å². The number of hydrogen-bond donors (Lipinski definition) is 1. The van der Waals surface area contributed by atoms with E-state index in [1.807, 2.05) is 12.2 Å². The number of rotatable bonds is 16. The number of amides is 2. The molecule has 33 heavy (non-hydrogen) atoms. The van der Waals surface area contributed by atoms with Gasteiger partial charge in [0.15, 0.2) is 5.25 Å². The Kier molecular flexibility index (Phi) is 14.0. The number of carbonyl (C=O) groups is 3. The summed E-state index contributed by atoms with van der Waals surface area (Å²) < 4.78 is 31.1. The van der Waals surface area contributed by atoms with Crippen LogP contribution in [0.4, 0.5) is 0 Å². The molecule has 1 aliphatic heterocycles. The molecule has 0 radical (unpaired) electrons. The summed E-state index contributed by atoms with van der Waals surface area (Å²) in [5, 5.41) is -1.79. The maximum absolute atomic E-state index is 11.8. The summed E-state index contributed by atoms with van der Waals surface area (Å²) in [5.41, 5.74) is 0. The summed E-state index contributed by atoms with van der Waals surface area (Å²) in [4.78, 5) is 39.9. The van der Waals surface area contributed by atoms with E-state index in [-0.39, 0.29) is 11.5 Å². The molecule has 1 fully saturated rings. The molecule has 0 aromatic rings. The minimum Gasteiger partial charge on any atom is -0.330 e. The standard InChI is InChI=1S/C24H35NO7S/c1-2-3-4-5-6-7-8-9-10-11-12-13-14-15-16-17-18-19-23(27)32-25-22(26)20-21(24(25)28)33(29,30)31/h6-7,9-10,12-13,15-16,21H,2-5,8,11,14,17-20H2,1H3,(H,29,30,31)/b7-6-,10-9-,13-12-,16-15-. The van der Waals surface area contributed by atoms with Gasteiger partial charge >= 0.3 is 5.97 Å². The first kappa shape index (κ1) is 28.5. The van der Waals surface area contributed by atoms with E-state index in [1.165, 1.54) is 19.3 Å². The predicted molar refractivity (Wildman–Crippen MR) is 126 cm³/mol. The number of nitrogens with zero attached hydrogens (tertiary/aromatic N) is 1. The van der Waals surface area contributed by atoms with Gasteiger partial charge < -0.3 is 4.84 Å². The van der Waals surface area contributed by atoms with Crippen LogP contribution in [0.2, 0.25) is 0 Å². The highest BCUT2D eigenvalue weighted by Crippen LogP contribution is 2.20. The SMILES string of the molecule is CCCCC/C=C\C/C=C\C/C=C\C/C=C\CCCC(=O)ON1C(=O)CC(S(=O)(=O)O)C1=O. The van der Waals surface area contributed by atoms with E-state index in [1.54, 1.807) is 0 Å². The molecule has 1 aliphatic rings. The second-order valence-electron chi connectivity index (χ2n) is 7.68. The van der Waals surface area contributed by atoms with Crippen LogP contribution < -0.4 is 0 Å². The second kappa shape index (κ2) is 16.1. The Labute approximate surface area is 196 Å². The van der Waals surface area contributed by atoms with Gasteiger partial charge in [-0.05, 0) is 44.9 Å². The normalized spacial score (nSPS) is 17.5. The fourth-order valence-corrected chi connectivity index (χ4v) is 3.69. The summed E-state index contributed by atoms with van der Waals surface area (Å²) in [5.74, 6) is -3.05. The number of unbranched alkanes of at least 4 members (excludes halogenated alkanes) is 4. The molecule has 8 nitrogen and oxygen atoms in total. The first-order valence-corrected chi connectivity index (χ1v) is 12.9. The molecular formula is C24H35NO7S. The van der Waals surface area contributed by atoms with Gasteiger partial charge in [0.1, 0.15) is 0 Å². The van der Waals surface area contributed by atoms with Gasteiger partial charge in [0.05, 0.1) is 6.42 Å². The molecule has 184 valence electrons. The van der Waals surface area contributed by atoms with Crippen molar-refractivity contribution in [3.05, 3.63) is 48.6 Å². The molecule has 1 saturated heterocycles. The van der Waals surface area contributed by atoms with Crippen molar-refractivity contribution in [3.63, 3.8) is 0 Å². The fraction of sp³-hybridized carbons (Fsp3) is 0.542. The number of hydroxylamine groups is 2. The van der Waals surface area contributed by atoms with Crippen LogP contribution in [-0.2, 0) is 29.3 Å².